The molecule has 4 heteroatoms. The van der Waals surface area contributed by atoms with Gasteiger partial charge in [-0.25, -0.2) is 0 Å². The van der Waals surface area contributed by atoms with Gasteiger partial charge in [0, 0.05) is 5.69 Å². The average Bonchev–Trinajstić information content (AvgIpc) is 2.30. The molecule has 0 spiro atoms. The second-order valence-corrected chi connectivity index (χ2v) is 4.15. The van der Waals surface area contributed by atoms with Gasteiger partial charge >= 0.3 is 0 Å². The molecule has 0 aromatic heterocycles. The lowest BCUT2D eigenvalue weighted by Gasteiger charge is -2.07. The van der Waals surface area contributed by atoms with Gasteiger partial charge in [0.05, 0.1) is 13.0 Å². The second-order valence-electron chi connectivity index (χ2n) is 4.15. The standard InChI is InChI=1S/C14H19NO3/c1-3-4-9-18-13-7-5-12(6-8-13)15-14(17)10-11(2)16/h5-8H,3-4,9-10H2,1-2H3,(H,15,17). The Labute approximate surface area is 107 Å². The summed E-state index contributed by atoms with van der Waals surface area (Å²) in [6.07, 6.45) is 2.03. The van der Waals surface area contributed by atoms with Crippen LogP contribution in [0.5, 0.6) is 5.75 Å². The molecular weight excluding hydrogens is 230 g/mol. The van der Waals surface area contributed by atoms with Crippen molar-refractivity contribution in [3.63, 3.8) is 0 Å². The Morgan fingerprint density at radius 2 is 1.89 bits per heavy atom. The predicted octanol–water partition coefficient (Wildman–Crippen LogP) is 2.78. The molecule has 0 aliphatic carbocycles. The molecule has 0 bridgehead atoms. The zero-order chi connectivity index (χ0) is 13.4. The SMILES string of the molecule is CCCCOc1ccc(NC(=O)CC(C)=O)cc1. The summed E-state index contributed by atoms with van der Waals surface area (Å²) in [6, 6.07) is 7.14. The van der Waals surface area contributed by atoms with E-state index in [0.29, 0.717) is 12.3 Å². The molecule has 18 heavy (non-hydrogen) atoms. The number of hydrogen-bond donors (Lipinski definition) is 1. The molecular formula is C14H19NO3. The first-order valence-corrected chi connectivity index (χ1v) is 6.14. The fourth-order valence-electron chi connectivity index (χ4n) is 1.40. The van der Waals surface area contributed by atoms with Gasteiger partial charge in [-0.15, -0.1) is 0 Å². The van der Waals surface area contributed by atoms with E-state index in [9.17, 15) is 9.59 Å². The van der Waals surface area contributed by atoms with Gasteiger partial charge in [0.1, 0.15) is 11.5 Å². The van der Waals surface area contributed by atoms with E-state index in [1.165, 1.54) is 6.92 Å². The summed E-state index contributed by atoms with van der Waals surface area (Å²) in [5.74, 6) is 0.349. The Hall–Kier alpha value is -1.84. The number of Topliss-reactive ketones (excluding diaryl/α,β-unsaturated/α-hetero) is 1. The van der Waals surface area contributed by atoms with Gasteiger partial charge in [0.2, 0.25) is 5.91 Å². The van der Waals surface area contributed by atoms with Crippen molar-refractivity contribution in [1.82, 2.24) is 0 Å². The van der Waals surface area contributed by atoms with E-state index in [1.54, 1.807) is 24.3 Å². The zero-order valence-corrected chi connectivity index (χ0v) is 10.9. The molecule has 0 radical (unpaired) electrons. The third-order valence-corrected chi connectivity index (χ3v) is 2.31. The molecule has 1 aromatic carbocycles. The van der Waals surface area contributed by atoms with E-state index in [4.69, 9.17) is 4.74 Å². The van der Waals surface area contributed by atoms with Crippen LogP contribution in [-0.4, -0.2) is 18.3 Å². The summed E-state index contributed by atoms with van der Waals surface area (Å²) >= 11 is 0. The fourth-order valence-corrected chi connectivity index (χ4v) is 1.40. The van der Waals surface area contributed by atoms with Crippen LogP contribution in [0.3, 0.4) is 0 Å². The number of unbranched alkanes of at least 4 members (excludes halogenated alkanes) is 1. The first-order chi connectivity index (χ1) is 8.61. The highest BCUT2D eigenvalue weighted by molar-refractivity contribution is 6.03. The molecule has 0 saturated carbocycles. The molecule has 0 unspecified atom stereocenters. The Morgan fingerprint density at radius 3 is 2.44 bits per heavy atom. The Morgan fingerprint density at radius 1 is 1.22 bits per heavy atom. The first kappa shape index (κ1) is 14.2. The van der Waals surface area contributed by atoms with Crippen LogP contribution in [0.4, 0.5) is 5.69 Å². The van der Waals surface area contributed by atoms with Gasteiger partial charge in [-0.05, 0) is 37.6 Å². The van der Waals surface area contributed by atoms with Crippen molar-refractivity contribution in [3.05, 3.63) is 24.3 Å². The molecule has 0 saturated heterocycles. The summed E-state index contributed by atoms with van der Waals surface area (Å²) in [4.78, 5) is 22.1. The summed E-state index contributed by atoms with van der Waals surface area (Å²) in [6.45, 7) is 4.20. The van der Waals surface area contributed by atoms with Crippen LogP contribution in [0.25, 0.3) is 0 Å². The quantitative estimate of drug-likeness (QED) is 0.597. The number of amides is 1. The lowest BCUT2D eigenvalue weighted by Crippen LogP contribution is -2.14. The number of carbonyl (C=O) groups excluding carboxylic acids is 2. The van der Waals surface area contributed by atoms with Crippen molar-refractivity contribution >= 4 is 17.4 Å². The van der Waals surface area contributed by atoms with E-state index < -0.39 is 0 Å². The molecule has 1 N–H and O–H groups in total. The summed E-state index contributed by atoms with van der Waals surface area (Å²) in [5, 5.41) is 2.65. The number of anilines is 1. The third kappa shape index (κ3) is 5.48. The number of ether oxygens (including phenoxy) is 1. The third-order valence-electron chi connectivity index (χ3n) is 2.31. The summed E-state index contributed by atoms with van der Waals surface area (Å²) in [5.41, 5.74) is 0.670. The molecule has 1 rings (SSSR count). The highest BCUT2D eigenvalue weighted by atomic mass is 16.5. The zero-order valence-electron chi connectivity index (χ0n) is 10.9. The van der Waals surface area contributed by atoms with Gasteiger partial charge < -0.3 is 10.1 Å². The number of hydrogen-bond acceptors (Lipinski definition) is 3. The van der Waals surface area contributed by atoms with Crippen molar-refractivity contribution in [2.75, 3.05) is 11.9 Å². The second kappa shape index (κ2) is 7.48. The fraction of sp³-hybridized carbons (Fsp3) is 0.429. The maximum absolute atomic E-state index is 11.4. The van der Waals surface area contributed by atoms with E-state index >= 15 is 0 Å². The van der Waals surface area contributed by atoms with Crippen molar-refractivity contribution in [2.45, 2.75) is 33.1 Å². The van der Waals surface area contributed by atoms with Crippen molar-refractivity contribution in [3.8, 4) is 5.75 Å². The van der Waals surface area contributed by atoms with Crippen LogP contribution in [0, 0.1) is 0 Å². The van der Waals surface area contributed by atoms with Gasteiger partial charge in [-0.1, -0.05) is 13.3 Å². The van der Waals surface area contributed by atoms with Crippen LogP contribution >= 0.6 is 0 Å². The van der Waals surface area contributed by atoms with Crippen molar-refractivity contribution in [2.24, 2.45) is 0 Å². The van der Waals surface area contributed by atoms with E-state index in [2.05, 4.69) is 12.2 Å². The average molecular weight is 249 g/mol. The van der Waals surface area contributed by atoms with Crippen LogP contribution < -0.4 is 10.1 Å². The van der Waals surface area contributed by atoms with Crippen LogP contribution in [0.1, 0.15) is 33.1 Å². The maximum Gasteiger partial charge on any atom is 0.231 e. The predicted molar refractivity (Wildman–Crippen MR) is 70.8 cm³/mol. The highest BCUT2D eigenvalue weighted by Crippen LogP contribution is 2.16. The molecule has 0 heterocycles. The molecule has 1 amide bonds. The van der Waals surface area contributed by atoms with Crippen LogP contribution in [-0.2, 0) is 9.59 Å². The monoisotopic (exact) mass is 249 g/mol. The number of carbonyl (C=O) groups is 2. The molecule has 0 fully saturated rings. The maximum atomic E-state index is 11.4. The molecule has 0 aliphatic rings. The minimum absolute atomic E-state index is 0.0885. The largest absolute Gasteiger partial charge is 0.494 e. The molecule has 4 nitrogen and oxygen atoms in total. The molecule has 1 aromatic rings. The normalized spacial score (nSPS) is 9.89. The lowest BCUT2D eigenvalue weighted by molar-refractivity contribution is -0.124. The number of nitrogens with one attached hydrogen (secondary N) is 1. The number of ketones is 1. The van der Waals surface area contributed by atoms with Crippen molar-refractivity contribution in [1.29, 1.82) is 0 Å². The highest BCUT2D eigenvalue weighted by Gasteiger charge is 2.05. The first-order valence-electron chi connectivity index (χ1n) is 6.14. The lowest BCUT2D eigenvalue weighted by atomic mass is 10.2. The Balaban J connectivity index is 2.44. The number of benzene rings is 1. The van der Waals surface area contributed by atoms with Crippen molar-refractivity contribution < 1.29 is 14.3 Å². The molecule has 0 aliphatic heterocycles. The number of rotatable bonds is 7. The Bertz CT molecular complexity index is 398. The minimum atomic E-state index is -0.290. The summed E-state index contributed by atoms with van der Waals surface area (Å²) in [7, 11) is 0. The topological polar surface area (TPSA) is 55.4 Å². The van der Waals surface area contributed by atoms with Gasteiger partial charge in [0.25, 0.3) is 0 Å². The minimum Gasteiger partial charge on any atom is -0.494 e. The van der Waals surface area contributed by atoms with E-state index in [1.807, 2.05) is 0 Å². The molecule has 0 atom stereocenters. The Kier molecular flexibility index (Phi) is 5.91. The van der Waals surface area contributed by atoms with Gasteiger partial charge in [-0.3, -0.25) is 9.59 Å². The van der Waals surface area contributed by atoms with Gasteiger partial charge in [0.15, 0.2) is 0 Å². The molecule has 98 valence electrons. The van der Waals surface area contributed by atoms with Crippen LogP contribution in [0.2, 0.25) is 0 Å². The van der Waals surface area contributed by atoms with E-state index in [0.717, 1.165) is 18.6 Å². The van der Waals surface area contributed by atoms with Crippen LogP contribution in [0.15, 0.2) is 24.3 Å². The smallest absolute Gasteiger partial charge is 0.231 e. The summed E-state index contributed by atoms with van der Waals surface area (Å²) < 4.78 is 5.50. The van der Waals surface area contributed by atoms with Gasteiger partial charge in [-0.2, -0.15) is 0 Å². The van der Waals surface area contributed by atoms with E-state index in [-0.39, 0.29) is 18.1 Å².